The van der Waals surface area contributed by atoms with Crippen LogP contribution in [0.2, 0.25) is 15.1 Å². The lowest BCUT2D eigenvalue weighted by Gasteiger charge is -2.21. The predicted octanol–water partition coefficient (Wildman–Crippen LogP) is 4.23. The molecule has 1 aromatic rings. The van der Waals surface area contributed by atoms with E-state index in [1.807, 2.05) is 6.07 Å². The van der Waals surface area contributed by atoms with E-state index in [4.69, 9.17) is 34.8 Å². The normalized spacial score (nSPS) is 23.1. The number of nitrogens with one attached hydrogen (secondary N) is 1. The van der Waals surface area contributed by atoms with E-state index in [-0.39, 0.29) is 0 Å². The summed E-state index contributed by atoms with van der Waals surface area (Å²) >= 11 is 18.3. The molecule has 2 fully saturated rings. The van der Waals surface area contributed by atoms with Gasteiger partial charge in [0.25, 0.3) is 0 Å². The van der Waals surface area contributed by atoms with E-state index >= 15 is 0 Å². The smallest absolute Gasteiger partial charge is 0.0655 e. The van der Waals surface area contributed by atoms with E-state index in [9.17, 15) is 0 Å². The lowest BCUT2D eigenvalue weighted by Crippen LogP contribution is -2.27. The van der Waals surface area contributed by atoms with E-state index in [1.165, 1.54) is 19.3 Å². The second-order valence-electron chi connectivity index (χ2n) is 5.50. The van der Waals surface area contributed by atoms with Gasteiger partial charge in [-0.3, -0.25) is 0 Å². The van der Waals surface area contributed by atoms with Gasteiger partial charge in [-0.15, -0.1) is 0 Å². The van der Waals surface area contributed by atoms with Gasteiger partial charge < -0.3 is 10.2 Å². The summed E-state index contributed by atoms with van der Waals surface area (Å²) in [4.78, 5) is 2.31. The van der Waals surface area contributed by atoms with Crippen LogP contribution < -0.4 is 10.2 Å². The van der Waals surface area contributed by atoms with E-state index in [0.717, 1.165) is 31.4 Å². The first kappa shape index (κ1) is 13.8. The van der Waals surface area contributed by atoms with Gasteiger partial charge in [-0.2, -0.15) is 0 Å². The highest BCUT2D eigenvalue weighted by Crippen LogP contribution is 2.36. The van der Waals surface area contributed by atoms with E-state index < -0.39 is 0 Å². The SMILES string of the molecule is Clc1cc(Cl)c(N2CCC(CNC3CC3)C2)cc1Cl. The monoisotopic (exact) mass is 318 g/mol. The summed E-state index contributed by atoms with van der Waals surface area (Å²) in [5, 5.41) is 5.37. The van der Waals surface area contributed by atoms with Crippen molar-refractivity contribution >= 4 is 40.5 Å². The third-order valence-corrected chi connectivity index (χ3v) is 4.91. The molecule has 0 spiro atoms. The molecule has 0 radical (unpaired) electrons. The molecule has 0 bridgehead atoms. The minimum atomic E-state index is 0.515. The topological polar surface area (TPSA) is 15.3 Å². The average molecular weight is 320 g/mol. The van der Waals surface area contributed by atoms with E-state index in [2.05, 4.69) is 10.2 Å². The van der Waals surface area contributed by atoms with Crippen LogP contribution in [0.1, 0.15) is 19.3 Å². The molecule has 1 unspecified atom stereocenters. The molecule has 1 saturated carbocycles. The number of benzene rings is 1. The molecule has 2 nitrogen and oxygen atoms in total. The maximum Gasteiger partial charge on any atom is 0.0655 e. The third kappa shape index (κ3) is 3.30. The summed E-state index contributed by atoms with van der Waals surface area (Å²) < 4.78 is 0. The van der Waals surface area contributed by atoms with Crippen LogP contribution in [-0.2, 0) is 0 Å². The Labute approximate surface area is 129 Å². The highest BCUT2D eigenvalue weighted by molar-refractivity contribution is 6.44. The van der Waals surface area contributed by atoms with Crippen LogP contribution >= 0.6 is 34.8 Å². The van der Waals surface area contributed by atoms with Crippen molar-refractivity contribution in [1.82, 2.24) is 5.32 Å². The number of anilines is 1. The van der Waals surface area contributed by atoms with Gasteiger partial charge in [0.2, 0.25) is 0 Å². The molecule has 3 rings (SSSR count). The van der Waals surface area contributed by atoms with Gasteiger partial charge in [0.1, 0.15) is 0 Å². The molecule has 1 heterocycles. The van der Waals surface area contributed by atoms with Gasteiger partial charge in [0, 0.05) is 19.1 Å². The van der Waals surface area contributed by atoms with Crippen LogP contribution in [0.3, 0.4) is 0 Å². The third-order valence-electron chi connectivity index (χ3n) is 3.89. The van der Waals surface area contributed by atoms with E-state index in [1.54, 1.807) is 6.07 Å². The van der Waals surface area contributed by atoms with Crippen molar-refractivity contribution in [2.75, 3.05) is 24.5 Å². The minimum absolute atomic E-state index is 0.515. The maximum absolute atomic E-state index is 6.27. The fourth-order valence-corrected chi connectivity index (χ4v) is 3.25. The molecule has 0 aromatic heterocycles. The summed E-state index contributed by atoms with van der Waals surface area (Å²) in [6.45, 7) is 3.19. The molecule has 1 aromatic carbocycles. The van der Waals surface area contributed by atoms with Gasteiger partial charge in [-0.25, -0.2) is 0 Å². The lowest BCUT2D eigenvalue weighted by atomic mass is 10.1. The summed E-state index contributed by atoms with van der Waals surface area (Å²) in [5.74, 6) is 0.700. The molecule has 1 N–H and O–H groups in total. The van der Waals surface area contributed by atoms with Crippen LogP contribution in [0.4, 0.5) is 5.69 Å². The zero-order valence-corrected chi connectivity index (χ0v) is 12.9. The number of halogens is 3. The molecule has 5 heteroatoms. The molecular weight excluding hydrogens is 303 g/mol. The number of nitrogens with zero attached hydrogens (tertiary/aromatic N) is 1. The van der Waals surface area contributed by atoms with Gasteiger partial charge >= 0.3 is 0 Å². The fraction of sp³-hybridized carbons (Fsp3) is 0.571. The first-order valence-corrected chi connectivity index (χ1v) is 7.90. The summed E-state index contributed by atoms with van der Waals surface area (Å²) in [7, 11) is 0. The predicted molar refractivity (Wildman–Crippen MR) is 82.8 cm³/mol. The fourth-order valence-electron chi connectivity index (χ4n) is 2.59. The lowest BCUT2D eigenvalue weighted by molar-refractivity contribution is 0.515. The van der Waals surface area contributed by atoms with Gasteiger partial charge in [-0.1, -0.05) is 34.8 Å². The van der Waals surface area contributed by atoms with Crippen LogP contribution in [-0.4, -0.2) is 25.7 Å². The largest absolute Gasteiger partial charge is 0.370 e. The maximum atomic E-state index is 6.27. The second-order valence-corrected chi connectivity index (χ2v) is 6.72. The Kier molecular flexibility index (Phi) is 4.14. The summed E-state index contributed by atoms with van der Waals surface area (Å²) in [6, 6.07) is 4.39. The molecule has 104 valence electrons. The molecule has 19 heavy (non-hydrogen) atoms. The first-order valence-electron chi connectivity index (χ1n) is 6.76. The Balaban J connectivity index is 1.64. The Morgan fingerprint density at radius 3 is 2.53 bits per heavy atom. The van der Waals surface area contributed by atoms with Gasteiger partial charge in [-0.05, 0) is 43.9 Å². The van der Waals surface area contributed by atoms with Crippen molar-refractivity contribution in [3.63, 3.8) is 0 Å². The quantitative estimate of drug-likeness (QED) is 0.836. The Morgan fingerprint density at radius 1 is 1.05 bits per heavy atom. The Bertz CT molecular complexity index is 474. The second kappa shape index (κ2) is 5.69. The van der Waals surface area contributed by atoms with Crippen molar-refractivity contribution in [2.24, 2.45) is 5.92 Å². The molecule has 1 aliphatic heterocycles. The van der Waals surface area contributed by atoms with Gasteiger partial charge in [0.05, 0.1) is 20.8 Å². The van der Waals surface area contributed by atoms with Crippen molar-refractivity contribution in [1.29, 1.82) is 0 Å². The zero-order chi connectivity index (χ0) is 13.4. The molecular formula is C14H17Cl3N2. The highest BCUT2D eigenvalue weighted by atomic mass is 35.5. The zero-order valence-electron chi connectivity index (χ0n) is 10.6. The van der Waals surface area contributed by atoms with Crippen LogP contribution in [0.25, 0.3) is 0 Å². The summed E-state index contributed by atoms with van der Waals surface area (Å²) in [5.41, 5.74) is 1.00. The molecule has 0 amide bonds. The number of hydrogen-bond donors (Lipinski definition) is 1. The number of rotatable bonds is 4. The van der Waals surface area contributed by atoms with Crippen LogP contribution in [0.15, 0.2) is 12.1 Å². The Hall–Kier alpha value is -0.150. The standard InChI is InChI=1S/C14H17Cl3N2/c15-11-5-13(17)14(6-12(11)16)19-4-3-9(8-19)7-18-10-1-2-10/h5-6,9-10,18H,1-4,7-8H2. The van der Waals surface area contributed by atoms with Crippen molar-refractivity contribution in [2.45, 2.75) is 25.3 Å². The van der Waals surface area contributed by atoms with Gasteiger partial charge in [0.15, 0.2) is 0 Å². The molecule has 2 aliphatic rings. The van der Waals surface area contributed by atoms with Crippen LogP contribution in [0.5, 0.6) is 0 Å². The molecule has 1 aliphatic carbocycles. The minimum Gasteiger partial charge on any atom is -0.370 e. The van der Waals surface area contributed by atoms with Crippen molar-refractivity contribution < 1.29 is 0 Å². The summed E-state index contributed by atoms with van der Waals surface area (Å²) in [6.07, 6.45) is 3.89. The average Bonchev–Trinajstić information content (AvgIpc) is 3.09. The number of hydrogen-bond acceptors (Lipinski definition) is 2. The van der Waals surface area contributed by atoms with Crippen molar-refractivity contribution in [3.8, 4) is 0 Å². The first-order chi connectivity index (χ1) is 9.13. The Morgan fingerprint density at radius 2 is 1.79 bits per heavy atom. The van der Waals surface area contributed by atoms with Crippen LogP contribution in [0, 0.1) is 5.92 Å². The van der Waals surface area contributed by atoms with E-state index in [0.29, 0.717) is 21.0 Å². The molecule has 1 saturated heterocycles. The molecule has 1 atom stereocenters. The van der Waals surface area contributed by atoms with Crippen molar-refractivity contribution in [3.05, 3.63) is 27.2 Å². The highest BCUT2D eigenvalue weighted by Gasteiger charge is 2.27.